The highest BCUT2D eigenvalue weighted by Crippen LogP contribution is 2.38. The molecule has 0 spiro atoms. The summed E-state index contributed by atoms with van der Waals surface area (Å²) in [5.74, 6) is -0.566. The lowest BCUT2D eigenvalue weighted by Crippen LogP contribution is -2.30. The van der Waals surface area contributed by atoms with E-state index < -0.39 is 17.8 Å². The molecule has 0 saturated carbocycles. The van der Waals surface area contributed by atoms with Gasteiger partial charge < -0.3 is 9.47 Å². The Morgan fingerprint density at radius 3 is 2.31 bits per heavy atom. The number of nitrogens with zero attached hydrogens (tertiary/aromatic N) is 4. The van der Waals surface area contributed by atoms with Gasteiger partial charge >= 0.3 is 6.18 Å². The van der Waals surface area contributed by atoms with E-state index in [1.54, 1.807) is 73.9 Å². The molecule has 5 nitrogen and oxygen atoms in total. The van der Waals surface area contributed by atoms with Crippen molar-refractivity contribution in [1.82, 2.24) is 19.4 Å². The van der Waals surface area contributed by atoms with E-state index in [0.717, 1.165) is 16.3 Å². The van der Waals surface area contributed by atoms with Crippen LogP contribution in [0.1, 0.15) is 33.1 Å². The fraction of sp³-hybridized carbons (Fsp3) is 0.192. The van der Waals surface area contributed by atoms with Gasteiger partial charge in [-0.05, 0) is 36.2 Å². The number of aromatic nitrogens is 3. The Kier molecular flexibility index (Phi) is 6.93. The zero-order valence-electron chi connectivity index (χ0n) is 19.1. The van der Waals surface area contributed by atoms with Gasteiger partial charge in [0.05, 0.1) is 24.1 Å². The molecule has 0 unspecified atom stereocenters. The topological polar surface area (TPSA) is 51.0 Å². The normalized spacial score (nSPS) is 11.5. The number of carbonyl (C=O) groups excluding carboxylic acids is 1. The summed E-state index contributed by atoms with van der Waals surface area (Å²) in [4.78, 5) is 23.5. The van der Waals surface area contributed by atoms with Crippen LogP contribution in [0.5, 0.6) is 0 Å². The number of aryl methyl sites for hydroxylation is 1. The van der Waals surface area contributed by atoms with Crippen molar-refractivity contribution in [3.8, 4) is 11.1 Å². The first-order valence-corrected chi connectivity index (χ1v) is 11.1. The lowest BCUT2D eigenvalue weighted by atomic mass is 10.0. The number of alkyl halides is 3. The molecule has 0 aliphatic rings. The third-order valence-electron chi connectivity index (χ3n) is 5.51. The van der Waals surface area contributed by atoms with Crippen LogP contribution in [0.3, 0.4) is 0 Å². The van der Waals surface area contributed by atoms with Gasteiger partial charge in [-0.15, -0.1) is 0 Å². The van der Waals surface area contributed by atoms with Crippen molar-refractivity contribution in [1.29, 1.82) is 0 Å². The maximum Gasteiger partial charge on any atom is 0.431 e. The molecule has 2 heterocycles. The maximum absolute atomic E-state index is 14.2. The number of rotatable bonds is 6. The molecular formula is C26H22ClF3N4O. The molecule has 4 rings (SSSR count). The highest BCUT2D eigenvalue weighted by molar-refractivity contribution is 6.30. The average Bonchev–Trinajstić information content (AvgIpc) is 3.20. The molecule has 35 heavy (non-hydrogen) atoms. The molecule has 0 bridgehead atoms. The Bertz CT molecular complexity index is 1320. The third kappa shape index (κ3) is 5.54. The first kappa shape index (κ1) is 24.5. The van der Waals surface area contributed by atoms with E-state index in [9.17, 15) is 18.0 Å². The van der Waals surface area contributed by atoms with Crippen molar-refractivity contribution in [2.45, 2.75) is 26.2 Å². The second-order valence-corrected chi connectivity index (χ2v) is 8.62. The smallest absolute Gasteiger partial charge is 0.334 e. The van der Waals surface area contributed by atoms with Gasteiger partial charge in [0.25, 0.3) is 5.91 Å². The summed E-state index contributed by atoms with van der Waals surface area (Å²) in [6.07, 6.45) is -1.55. The van der Waals surface area contributed by atoms with Crippen molar-refractivity contribution in [3.63, 3.8) is 0 Å². The Labute approximate surface area is 205 Å². The van der Waals surface area contributed by atoms with Gasteiger partial charge in [-0.2, -0.15) is 13.2 Å². The van der Waals surface area contributed by atoms with Gasteiger partial charge in [-0.3, -0.25) is 14.8 Å². The molecule has 9 heteroatoms. The largest absolute Gasteiger partial charge is 0.431 e. The predicted octanol–water partition coefficient (Wildman–Crippen LogP) is 6.25. The fourth-order valence-corrected chi connectivity index (χ4v) is 3.92. The number of amides is 1. The second kappa shape index (κ2) is 9.92. The predicted molar refractivity (Wildman–Crippen MR) is 128 cm³/mol. The van der Waals surface area contributed by atoms with E-state index >= 15 is 0 Å². The molecule has 4 aromatic rings. The van der Waals surface area contributed by atoms with E-state index in [2.05, 4.69) is 9.97 Å². The van der Waals surface area contributed by atoms with Crippen molar-refractivity contribution in [2.24, 2.45) is 0 Å². The van der Waals surface area contributed by atoms with Gasteiger partial charge in [-0.25, -0.2) is 0 Å². The second-order valence-electron chi connectivity index (χ2n) is 8.18. The Morgan fingerprint density at radius 1 is 1.03 bits per heavy atom. The SMILES string of the molecule is Cc1cnc(CN(C)C(=O)c2c(-c3ccc(Cl)cc3)cc(C(F)(F)F)n2Cc2ccccc2)cn1. The number of hydrogen-bond acceptors (Lipinski definition) is 3. The van der Waals surface area contributed by atoms with Crippen molar-refractivity contribution >= 4 is 17.5 Å². The Balaban J connectivity index is 1.85. The molecule has 1 amide bonds. The summed E-state index contributed by atoms with van der Waals surface area (Å²) in [5, 5.41) is 0.441. The first-order valence-electron chi connectivity index (χ1n) is 10.8. The van der Waals surface area contributed by atoms with Gasteiger partial charge in [0.1, 0.15) is 11.4 Å². The molecule has 180 valence electrons. The van der Waals surface area contributed by atoms with E-state index in [0.29, 0.717) is 21.8 Å². The maximum atomic E-state index is 14.2. The van der Waals surface area contributed by atoms with Crippen molar-refractivity contribution in [3.05, 3.63) is 106 Å². The van der Waals surface area contributed by atoms with Gasteiger partial charge in [0.2, 0.25) is 0 Å². The lowest BCUT2D eigenvalue weighted by molar-refractivity contribution is -0.143. The van der Waals surface area contributed by atoms with E-state index in [1.807, 2.05) is 0 Å². The highest BCUT2D eigenvalue weighted by Gasteiger charge is 2.38. The zero-order chi connectivity index (χ0) is 25.2. The molecule has 0 saturated heterocycles. The Hall–Kier alpha value is -3.65. The average molecular weight is 499 g/mol. The van der Waals surface area contributed by atoms with E-state index in [1.165, 1.54) is 11.9 Å². The fourth-order valence-electron chi connectivity index (χ4n) is 3.79. The molecule has 0 N–H and O–H groups in total. The molecule has 2 aromatic carbocycles. The standard InChI is InChI=1S/C26H22ClF3N4O/c1-17-13-32-21(14-31-17)16-33(2)25(35)24-22(19-8-10-20(27)11-9-19)12-23(26(28,29)30)34(24)15-18-6-4-3-5-7-18/h3-14H,15-16H2,1-2H3. The molecule has 0 aliphatic carbocycles. The molecule has 0 fully saturated rings. The zero-order valence-corrected chi connectivity index (χ0v) is 19.8. The minimum absolute atomic E-state index is 0.0638. The monoisotopic (exact) mass is 498 g/mol. The number of carbonyl (C=O) groups is 1. The van der Waals surface area contributed by atoms with Crippen LogP contribution >= 0.6 is 11.6 Å². The summed E-state index contributed by atoms with van der Waals surface area (Å²) in [6, 6.07) is 16.1. The van der Waals surface area contributed by atoms with Crippen LogP contribution in [0.15, 0.2) is 73.1 Å². The van der Waals surface area contributed by atoms with Crippen LogP contribution in [-0.2, 0) is 19.3 Å². The molecular weight excluding hydrogens is 477 g/mol. The van der Waals surface area contributed by atoms with Gasteiger partial charge in [0, 0.05) is 30.4 Å². The number of halogens is 4. The van der Waals surface area contributed by atoms with Crippen LogP contribution in [0.4, 0.5) is 13.2 Å². The summed E-state index contributed by atoms with van der Waals surface area (Å²) in [7, 11) is 1.53. The molecule has 2 aromatic heterocycles. The number of benzene rings is 2. The Morgan fingerprint density at radius 2 is 1.71 bits per heavy atom. The van der Waals surface area contributed by atoms with Crippen LogP contribution in [0.25, 0.3) is 11.1 Å². The van der Waals surface area contributed by atoms with Gasteiger partial charge in [0.15, 0.2) is 0 Å². The third-order valence-corrected chi connectivity index (χ3v) is 5.76. The summed E-state index contributed by atoms with van der Waals surface area (Å²) in [5.41, 5.74) is 1.55. The molecule has 0 aliphatic heterocycles. The highest BCUT2D eigenvalue weighted by atomic mass is 35.5. The van der Waals surface area contributed by atoms with Crippen LogP contribution in [0.2, 0.25) is 5.02 Å². The summed E-state index contributed by atoms with van der Waals surface area (Å²) >= 11 is 6.00. The number of hydrogen-bond donors (Lipinski definition) is 0. The van der Waals surface area contributed by atoms with E-state index in [-0.39, 0.29) is 24.3 Å². The lowest BCUT2D eigenvalue weighted by Gasteiger charge is -2.21. The van der Waals surface area contributed by atoms with Crippen LogP contribution in [0, 0.1) is 6.92 Å². The van der Waals surface area contributed by atoms with Crippen molar-refractivity contribution < 1.29 is 18.0 Å². The van der Waals surface area contributed by atoms with Crippen LogP contribution < -0.4 is 0 Å². The summed E-state index contributed by atoms with van der Waals surface area (Å²) < 4.78 is 43.6. The summed E-state index contributed by atoms with van der Waals surface area (Å²) in [6.45, 7) is 1.76. The quantitative estimate of drug-likeness (QED) is 0.316. The molecule has 0 radical (unpaired) electrons. The minimum Gasteiger partial charge on any atom is -0.334 e. The minimum atomic E-state index is -4.67. The first-order chi connectivity index (χ1) is 16.6. The molecule has 0 atom stereocenters. The van der Waals surface area contributed by atoms with E-state index in [4.69, 9.17) is 11.6 Å². The van der Waals surface area contributed by atoms with Crippen LogP contribution in [-0.4, -0.2) is 32.4 Å². The van der Waals surface area contributed by atoms with Crippen molar-refractivity contribution in [2.75, 3.05) is 7.05 Å². The van der Waals surface area contributed by atoms with Gasteiger partial charge in [-0.1, -0.05) is 54.1 Å².